The third kappa shape index (κ3) is 5.84. The normalized spacial score (nSPS) is 13.5. The van der Waals surface area contributed by atoms with Crippen LogP contribution in [0.3, 0.4) is 0 Å². The van der Waals surface area contributed by atoms with E-state index in [4.69, 9.17) is 9.47 Å². The maximum absolute atomic E-state index is 13.4. The lowest BCUT2D eigenvalue weighted by Gasteiger charge is -2.16. The summed E-state index contributed by atoms with van der Waals surface area (Å²) in [6.45, 7) is 0. The zero-order valence-corrected chi connectivity index (χ0v) is 16.0. The van der Waals surface area contributed by atoms with E-state index in [2.05, 4.69) is 10.1 Å². The number of allylic oxidation sites excluding steroid dienone is 3. The number of halogens is 4. The van der Waals surface area contributed by atoms with E-state index in [1.54, 1.807) is 0 Å². The van der Waals surface area contributed by atoms with Gasteiger partial charge in [-0.2, -0.15) is 0 Å². The number of hydrogen-bond acceptors (Lipinski definition) is 5. The first-order valence-corrected chi connectivity index (χ1v) is 8.78. The third-order valence-corrected chi connectivity index (χ3v) is 3.97. The standard InChI is InChI=1S/C21H15F4NO5/c1-29-19-9-12(22)5-7-18(19)30-17-8-6-15(31-21(23,24)25)11-16(17)20(28)26-13-3-2-4-14(27)10-13/h2-3,5-11H,4H2,1H3,(H,26,28). The van der Waals surface area contributed by atoms with E-state index in [0.717, 1.165) is 30.3 Å². The van der Waals surface area contributed by atoms with Crippen molar-refractivity contribution in [2.45, 2.75) is 12.8 Å². The quantitative estimate of drug-likeness (QED) is 0.665. The molecule has 0 bridgehead atoms. The zero-order valence-electron chi connectivity index (χ0n) is 16.0. The van der Waals surface area contributed by atoms with Gasteiger partial charge >= 0.3 is 6.36 Å². The lowest BCUT2D eigenvalue weighted by atomic mass is 10.1. The van der Waals surface area contributed by atoms with Crippen molar-refractivity contribution in [2.24, 2.45) is 0 Å². The van der Waals surface area contributed by atoms with Crippen LogP contribution in [0.4, 0.5) is 17.6 Å². The molecule has 6 nitrogen and oxygen atoms in total. The predicted molar refractivity (Wildman–Crippen MR) is 100 cm³/mol. The lowest BCUT2D eigenvalue weighted by molar-refractivity contribution is -0.274. The van der Waals surface area contributed by atoms with E-state index in [0.29, 0.717) is 0 Å². The molecule has 10 heteroatoms. The van der Waals surface area contributed by atoms with Crippen molar-refractivity contribution in [2.75, 3.05) is 7.11 Å². The highest BCUT2D eigenvalue weighted by Gasteiger charge is 2.32. The van der Waals surface area contributed by atoms with Crippen LogP contribution in [0.25, 0.3) is 0 Å². The molecular formula is C21H15F4NO5. The van der Waals surface area contributed by atoms with Gasteiger partial charge in [0, 0.05) is 24.3 Å². The van der Waals surface area contributed by atoms with Gasteiger partial charge in [-0.15, -0.1) is 13.2 Å². The number of nitrogens with one attached hydrogen (secondary N) is 1. The fourth-order valence-electron chi connectivity index (χ4n) is 2.68. The number of rotatable bonds is 6. The minimum Gasteiger partial charge on any atom is -0.493 e. The molecule has 0 aromatic heterocycles. The molecule has 1 aliphatic carbocycles. The van der Waals surface area contributed by atoms with Crippen molar-refractivity contribution < 1.29 is 41.4 Å². The van der Waals surface area contributed by atoms with Gasteiger partial charge in [-0.3, -0.25) is 9.59 Å². The molecular weight excluding hydrogens is 422 g/mol. The summed E-state index contributed by atoms with van der Waals surface area (Å²) >= 11 is 0. The largest absolute Gasteiger partial charge is 0.573 e. The fraction of sp³-hybridized carbons (Fsp3) is 0.143. The van der Waals surface area contributed by atoms with Gasteiger partial charge in [0.25, 0.3) is 5.91 Å². The monoisotopic (exact) mass is 437 g/mol. The van der Waals surface area contributed by atoms with E-state index in [-0.39, 0.29) is 40.7 Å². The summed E-state index contributed by atoms with van der Waals surface area (Å²) in [5, 5.41) is 2.43. The number of ether oxygens (including phenoxy) is 3. The number of carbonyl (C=O) groups is 2. The Labute approximate surface area is 173 Å². The van der Waals surface area contributed by atoms with Crippen LogP contribution >= 0.6 is 0 Å². The molecule has 162 valence electrons. The van der Waals surface area contributed by atoms with Crippen molar-refractivity contribution in [3.63, 3.8) is 0 Å². The Hall–Kier alpha value is -3.82. The molecule has 0 saturated heterocycles. The molecule has 31 heavy (non-hydrogen) atoms. The molecule has 0 spiro atoms. The minimum atomic E-state index is -4.97. The van der Waals surface area contributed by atoms with Gasteiger partial charge < -0.3 is 19.5 Å². The SMILES string of the molecule is COc1cc(F)ccc1Oc1ccc(OC(F)(F)F)cc1C(=O)NC1=CC(=O)CC=C1. The summed E-state index contributed by atoms with van der Waals surface area (Å²) in [6.07, 6.45) is -0.595. The molecule has 2 aromatic rings. The van der Waals surface area contributed by atoms with Crippen molar-refractivity contribution in [3.05, 3.63) is 71.7 Å². The van der Waals surface area contributed by atoms with Crippen molar-refractivity contribution >= 4 is 11.7 Å². The Morgan fingerprint density at radius 3 is 2.48 bits per heavy atom. The molecule has 2 aromatic carbocycles. The van der Waals surface area contributed by atoms with Crippen LogP contribution in [-0.2, 0) is 4.79 Å². The van der Waals surface area contributed by atoms with E-state index in [1.165, 1.54) is 31.4 Å². The molecule has 1 aliphatic rings. The van der Waals surface area contributed by atoms with Crippen LogP contribution in [0.1, 0.15) is 16.8 Å². The number of alkyl halides is 3. The Kier molecular flexibility index (Phi) is 6.28. The molecule has 1 N–H and O–H groups in total. The first-order valence-electron chi connectivity index (χ1n) is 8.78. The summed E-state index contributed by atoms with van der Waals surface area (Å²) in [5.74, 6) is -2.48. The van der Waals surface area contributed by atoms with Gasteiger partial charge in [0.05, 0.1) is 12.7 Å². The van der Waals surface area contributed by atoms with Gasteiger partial charge in [0.1, 0.15) is 17.3 Å². The third-order valence-electron chi connectivity index (χ3n) is 3.97. The molecule has 1 amide bonds. The van der Waals surface area contributed by atoms with Crippen LogP contribution in [0.5, 0.6) is 23.0 Å². The molecule has 0 radical (unpaired) electrons. The highest BCUT2D eigenvalue weighted by molar-refractivity contribution is 6.00. The molecule has 0 aliphatic heterocycles. The minimum absolute atomic E-state index is 0.00509. The topological polar surface area (TPSA) is 73.9 Å². The fourth-order valence-corrected chi connectivity index (χ4v) is 2.68. The number of amides is 1. The van der Waals surface area contributed by atoms with Gasteiger partial charge in [-0.1, -0.05) is 6.08 Å². The van der Waals surface area contributed by atoms with E-state index in [9.17, 15) is 27.2 Å². The second-order valence-electron chi connectivity index (χ2n) is 6.23. The number of benzene rings is 2. The highest BCUT2D eigenvalue weighted by atomic mass is 19.4. The number of hydrogen-bond donors (Lipinski definition) is 1. The van der Waals surface area contributed by atoms with Crippen LogP contribution < -0.4 is 19.5 Å². The summed E-state index contributed by atoms with van der Waals surface area (Å²) in [7, 11) is 1.27. The van der Waals surface area contributed by atoms with Crippen LogP contribution in [0.15, 0.2) is 60.3 Å². The number of carbonyl (C=O) groups excluding carboxylic acids is 2. The molecule has 3 rings (SSSR count). The number of ketones is 1. The Morgan fingerprint density at radius 2 is 1.81 bits per heavy atom. The Bertz CT molecular complexity index is 1080. The van der Waals surface area contributed by atoms with Crippen LogP contribution in [0, 0.1) is 5.82 Å². The van der Waals surface area contributed by atoms with Gasteiger partial charge in [-0.25, -0.2) is 4.39 Å². The van der Waals surface area contributed by atoms with Crippen molar-refractivity contribution in [1.29, 1.82) is 0 Å². The smallest absolute Gasteiger partial charge is 0.493 e. The number of methoxy groups -OCH3 is 1. The van der Waals surface area contributed by atoms with E-state index in [1.807, 2.05) is 0 Å². The average molecular weight is 437 g/mol. The maximum Gasteiger partial charge on any atom is 0.573 e. The first kappa shape index (κ1) is 21.9. The summed E-state index contributed by atoms with van der Waals surface area (Å²) in [6, 6.07) is 6.25. The van der Waals surface area contributed by atoms with Gasteiger partial charge in [0.15, 0.2) is 17.3 Å². The molecule has 0 atom stereocenters. The highest BCUT2D eigenvalue weighted by Crippen LogP contribution is 2.36. The van der Waals surface area contributed by atoms with Gasteiger partial charge in [0.2, 0.25) is 0 Å². The van der Waals surface area contributed by atoms with E-state index < -0.39 is 23.8 Å². The van der Waals surface area contributed by atoms with Crippen molar-refractivity contribution in [3.8, 4) is 23.0 Å². The average Bonchev–Trinajstić information content (AvgIpc) is 2.69. The van der Waals surface area contributed by atoms with E-state index >= 15 is 0 Å². The lowest BCUT2D eigenvalue weighted by Crippen LogP contribution is -2.24. The Balaban J connectivity index is 1.97. The second-order valence-corrected chi connectivity index (χ2v) is 6.23. The molecule has 0 heterocycles. The molecule has 0 unspecified atom stereocenters. The zero-order chi connectivity index (χ0) is 22.6. The first-order chi connectivity index (χ1) is 14.6. The summed E-state index contributed by atoms with van der Waals surface area (Å²) < 4.78 is 65.8. The summed E-state index contributed by atoms with van der Waals surface area (Å²) in [4.78, 5) is 24.3. The molecule has 0 fully saturated rings. The Morgan fingerprint density at radius 1 is 1.06 bits per heavy atom. The van der Waals surface area contributed by atoms with Gasteiger partial charge in [-0.05, 0) is 36.4 Å². The van der Waals surface area contributed by atoms with Crippen molar-refractivity contribution in [1.82, 2.24) is 5.32 Å². The summed E-state index contributed by atoms with van der Waals surface area (Å²) in [5.41, 5.74) is -0.158. The second kappa shape index (κ2) is 8.90. The maximum atomic E-state index is 13.4. The van der Waals surface area contributed by atoms with Crippen LogP contribution in [0.2, 0.25) is 0 Å². The predicted octanol–water partition coefficient (Wildman–Crippen LogP) is 4.67. The van der Waals surface area contributed by atoms with Crippen LogP contribution in [-0.4, -0.2) is 25.2 Å². The molecule has 0 saturated carbocycles.